The van der Waals surface area contributed by atoms with Gasteiger partial charge in [0.15, 0.2) is 0 Å². The molecule has 0 atom stereocenters. The molecule has 2 aromatic heterocycles. The molecule has 0 radical (unpaired) electrons. The van der Waals surface area contributed by atoms with Crippen LogP contribution in [0.1, 0.15) is 12.8 Å². The number of rotatable bonds is 5. The molecule has 3 heterocycles. The van der Waals surface area contributed by atoms with Crippen molar-refractivity contribution in [2.75, 3.05) is 44.3 Å². The van der Waals surface area contributed by atoms with Crippen LogP contribution in [0.3, 0.4) is 0 Å². The van der Waals surface area contributed by atoms with Crippen molar-refractivity contribution in [3.05, 3.63) is 24.2 Å². The Labute approximate surface area is 152 Å². The van der Waals surface area contributed by atoms with Gasteiger partial charge in [0.25, 0.3) is 0 Å². The van der Waals surface area contributed by atoms with Crippen LogP contribution in [0.5, 0.6) is 0 Å². The maximum atomic E-state index is 12.5. The summed E-state index contributed by atoms with van der Waals surface area (Å²) < 4.78 is 46.9. The highest BCUT2D eigenvalue weighted by atomic mass is 19.4. The summed E-state index contributed by atoms with van der Waals surface area (Å²) in [6, 6.07) is 3.26. The van der Waals surface area contributed by atoms with Crippen LogP contribution in [0.15, 0.2) is 22.9 Å². The number of hydrogen-bond donors (Lipinski definition) is 0. The lowest BCUT2D eigenvalue weighted by Crippen LogP contribution is -2.50. The minimum absolute atomic E-state index is 0.0441. The topological polar surface area (TPSA) is 84.6 Å². The summed E-state index contributed by atoms with van der Waals surface area (Å²) in [5, 5.41) is 3.33. The SMILES string of the molecule is CCOCC(=O)N1CCN(c2ccc(-c3noc(C(F)(F)F)n3)cn2)CC1. The lowest BCUT2D eigenvalue weighted by atomic mass is 10.2. The van der Waals surface area contributed by atoms with Gasteiger partial charge in [-0.25, -0.2) is 4.98 Å². The number of nitrogens with zero attached hydrogens (tertiary/aromatic N) is 5. The molecule has 1 aliphatic rings. The summed E-state index contributed by atoms with van der Waals surface area (Å²) in [6.45, 7) is 4.71. The number of anilines is 1. The van der Waals surface area contributed by atoms with E-state index in [0.29, 0.717) is 44.2 Å². The van der Waals surface area contributed by atoms with Gasteiger partial charge in [-0.2, -0.15) is 18.2 Å². The molecule has 3 rings (SSSR count). The number of hydrogen-bond acceptors (Lipinski definition) is 7. The van der Waals surface area contributed by atoms with Crippen molar-refractivity contribution in [1.82, 2.24) is 20.0 Å². The first-order valence-electron chi connectivity index (χ1n) is 8.36. The zero-order valence-electron chi connectivity index (χ0n) is 14.6. The Hall–Kier alpha value is -2.69. The van der Waals surface area contributed by atoms with Gasteiger partial charge in [0.05, 0.1) is 0 Å². The van der Waals surface area contributed by atoms with E-state index >= 15 is 0 Å². The number of carbonyl (C=O) groups is 1. The van der Waals surface area contributed by atoms with Gasteiger partial charge in [0, 0.05) is 44.5 Å². The molecule has 146 valence electrons. The lowest BCUT2D eigenvalue weighted by molar-refractivity contribution is -0.159. The largest absolute Gasteiger partial charge is 0.471 e. The fourth-order valence-electron chi connectivity index (χ4n) is 2.63. The number of carbonyl (C=O) groups excluding carboxylic acids is 1. The normalized spacial score (nSPS) is 15.3. The number of amides is 1. The Bertz CT molecular complexity index is 770. The molecule has 0 bridgehead atoms. The predicted octanol–water partition coefficient (Wildman–Crippen LogP) is 1.84. The van der Waals surface area contributed by atoms with Gasteiger partial charge < -0.3 is 19.1 Å². The fraction of sp³-hybridized carbons (Fsp3) is 0.500. The van der Waals surface area contributed by atoms with Crippen LogP contribution >= 0.6 is 0 Å². The monoisotopic (exact) mass is 385 g/mol. The third-order valence-corrected chi connectivity index (χ3v) is 4.06. The molecule has 1 fully saturated rings. The maximum Gasteiger partial charge on any atom is 0.471 e. The summed E-state index contributed by atoms with van der Waals surface area (Å²) in [5.41, 5.74) is 0.323. The van der Waals surface area contributed by atoms with E-state index in [2.05, 4.69) is 19.6 Å². The molecule has 11 heteroatoms. The molecule has 2 aromatic rings. The molecule has 0 N–H and O–H groups in total. The van der Waals surface area contributed by atoms with E-state index in [9.17, 15) is 18.0 Å². The third-order valence-electron chi connectivity index (χ3n) is 4.06. The Morgan fingerprint density at radius 1 is 1.26 bits per heavy atom. The van der Waals surface area contributed by atoms with Gasteiger partial charge in [0.1, 0.15) is 12.4 Å². The molecule has 0 saturated carbocycles. The van der Waals surface area contributed by atoms with Crippen LogP contribution in [-0.4, -0.2) is 65.3 Å². The Kier molecular flexibility index (Phi) is 5.59. The molecule has 0 aliphatic carbocycles. The summed E-state index contributed by atoms with van der Waals surface area (Å²) >= 11 is 0. The van der Waals surface area contributed by atoms with Crippen LogP contribution in [0, 0.1) is 0 Å². The van der Waals surface area contributed by atoms with E-state index in [1.165, 1.54) is 6.20 Å². The standard InChI is InChI=1S/C16H18F3N5O3/c1-2-26-10-13(25)24-7-5-23(6-8-24)12-4-3-11(9-20-12)14-21-15(27-22-14)16(17,18)19/h3-4,9H,2,5-8,10H2,1H3. The van der Waals surface area contributed by atoms with Crippen molar-refractivity contribution in [2.24, 2.45) is 0 Å². The van der Waals surface area contributed by atoms with Crippen LogP contribution in [-0.2, 0) is 15.7 Å². The van der Waals surface area contributed by atoms with Crippen molar-refractivity contribution in [3.63, 3.8) is 0 Å². The minimum Gasteiger partial charge on any atom is -0.372 e. The van der Waals surface area contributed by atoms with E-state index < -0.39 is 12.1 Å². The number of aromatic nitrogens is 3. The zero-order chi connectivity index (χ0) is 19.4. The quantitative estimate of drug-likeness (QED) is 0.776. The second-order valence-corrected chi connectivity index (χ2v) is 5.83. The first-order chi connectivity index (χ1) is 12.9. The molecule has 0 unspecified atom stereocenters. The predicted molar refractivity (Wildman–Crippen MR) is 87.8 cm³/mol. The Balaban J connectivity index is 1.60. The molecule has 8 nitrogen and oxygen atoms in total. The minimum atomic E-state index is -4.68. The van der Waals surface area contributed by atoms with Crippen LogP contribution < -0.4 is 4.90 Å². The second kappa shape index (κ2) is 7.91. The summed E-state index contributed by atoms with van der Waals surface area (Å²) in [4.78, 5) is 23.3. The van der Waals surface area contributed by atoms with Gasteiger partial charge >= 0.3 is 12.1 Å². The number of ether oxygens (including phenoxy) is 1. The van der Waals surface area contributed by atoms with Crippen LogP contribution in [0.4, 0.5) is 19.0 Å². The molecular formula is C16H18F3N5O3. The summed E-state index contributed by atoms with van der Waals surface area (Å²) in [5.74, 6) is -0.949. The number of halogens is 3. The van der Waals surface area contributed by atoms with Crippen molar-refractivity contribution in [1.29, 1.82) is 0 Å². The molecule has 0 aromatic carbocycles. The third kappa shape index (κ3) is 4.54. The van der Waals surface area contributed by atoms with E-state index in [4.69, 9.17) is 4.74 Å². The van der Waals surface area contributed by atoms with Gasteiger partial charge in [0.2, 0.25) is 11.7 Å². The Morgan fingerprint density at radius 2 is 2.00 bits per heavy atom. The van der Waals surface area contributed by atoms with E-state index in [1.807, 2.05) is 11.8 Å². The van der Waals surface area contributed by atoms with Gasteiger partial charge in [-0.1, -0.05) is 5.16 Å². The smallest absolute Gasteiger partial charge is 0.372 e. The van der Waals surface area contributed by atoms with Crippen LogP contribution in [0.2, 0.25) is 0 Å². The van der Waals surface area contributed by atoms with Crippen molar-refractivity contribution >= 4 is 11.7 Å². The average Bonchev–Trinajstić information content (AvgIpc) is 3.17. The van der Waals surface area contributed by atoms with Gasteiger partial charge in [-0.3, -0.25) is 4.79 Å². The second-order valence-electron chi connectivity index (χ2n) is 5.83. The van der Waals surface area contributed by atoms with Crippen molar-refractivity contribution in [3.8, 4) is 11.4 Å². The van der Waals surface area contributed by atoms with E-state index in [0.717, 1.165) is 0 Å². The average molecular weight is 385 g/mol. The fourth-order valence-corrected chi connectivity index (χ4v) is 2.63. The van der Waals surface area contributed by atoms with Crippen molar-refractivity contribution < 1.29 is 27.2 Å². The molecule has 1 amide bonds. The summed E-state index contributed by atoms with van der Waals surface area (Å²) in [7, 11) is 0. The molecule has 1 saturated heterocycles. The highest BCUT2D eigenvalue weighted by Crippen LogP contribution is 2.29. The molecular weight excluding hydrogens is 367 g/mol. The summed E-state index contributed by atoms with van der Waals surface area (Å²) in [6.07, 6.45) is -3.29. The number of alkyl halides is 3. The zero-order valence-corrected chi connectivity index (χ0v) is 14.6. The van der Waals surface area contributed by atoms with E-state index in [-0.39, 0.29) is 18.3 Å². The maximum absolute atomic E-state index is 12.5. The molecule has 27 heavy (non-hydrogen) atoms. The number of pyridine rings is 1. The number of piperazine rings is 1. The highest BCUT2D eigenvalue weighted by Gasteiger charge is 2.38. The molecule has 0 spiro atoms. The van der Waals surface area contributed by atoms with Crippen LogP contribution in [0.25, 0.3) is 11.4 Å². The molecule has 1 aliphatic heterocycles. The highest BCUT2D eigenvalue weighted by molar-refractivity contribution is 5.77. The Morgan fingerprint density at radius 3 is 2.56 bits per heavy atom. The van der Waals surface area contributed by atoms with Gasteiger partial charge in [-0.15, -0.1) is 0 Å². The first-order valence-corrected chi connectivity index (χ1v) is 8.36. The van der Waals surface area contributed by atoms with Gasteiger partial charge in [-0.05, 0) is 19.1 Å². The lowest BCUT2D eigenvalue weighted by Gasteiger charge is -2.35. The van der Waals surface area contributed by atoms with Crippen molar-refractivity contribution in [2.45, 2.75) is 13.1 Å². The van der Waals surface area contributed by atoms with E-state index in [1.54, 1.807) is 17.0 Å². The first kappa shape index (κ1) is 19.1.